The number of aliphatic hydroxyl groups excluding tert-OH is 1. The molecule has 0 spiro atoms. The minimum atomic E-state index is -0.828. The maximum Gasteiger partial charge on any atom is 0.168 e. The van der Waals surface area contributed by atoms with Gasteiger partial charge in [-0.3, -0.25) is 0 Å². The SMILES string of the molecule is COc1cccc(CC(O)c2cc(C)nnc2C)c1F. The van der Waals surface area contributed by atoms with Crippen LogP contribution in [0.25, 0.3) is 0 Å². The van der Waals surface area contributed by atoms with Crippen molar-refractivity contribution in [3.05, 3.63) is 52.6 Å². The predicted molar refractivity (Wildman–Crippen MR) is 73.1 cm³/mol. The lowest BCUT2D eigenvalue weighted by Crippen LogP contribution is -2.08. The Morgan fingerprint density at radius 1 is 1.30 bits per heavy atom. The minimum absolute atomic E-state index is 0.162. The molecule has 1 unspecified atom stereocenters. The van der Waals surface area contributed by atoms with E-state index in [4.69, 9.17) is 4.74 Å². The number of methoxy groups -OCH3 is 1. The highest BCUT2D eigenvalue weighted by atomic mass is 19.1. The first-order valence-electron chi connectivity index (χ1n) is 6.33. The summed E-state index contributed by atoms with van der Waals surface area (Å²) in [6.07, 6.45) is -0.666. The van der Waals surface area contributed by atoms with Crippen LogP contribution in [0.3, 0.4) is 0 Å². The van der Waals surface area contributed by atoms with E-state index in [9.17, 15) is 9.50 Å². The zero-order chi connectivity index (χ0) is 14.7. The molecule has 1 heterocycles. The number of aromatic nitrogens is 2. The van der Waals surface area contributed by atoms with Crippen molar-refractivity contribution in [3.8, 4) is 5.75 Å². The van der Waals surface area contributed by atoms with Gasteiger partial charge < -0.3 is 9.84 Å². The maximum atomic E-state index is 14.1. The zero-order valence-electron chi connectivity index (χ0n) is 11.7. The lowest BCUT2D eigenvalue weighted by molar-refractivity contribution is 0.175. The fourth-order valence-electron chi connectivity index (χ4n) is 2.10. The molecule has 0 aliphatic rings. The molecule has 0 saturated carbocycles. The van der Waals surface area contributed by atoms with Crippen molar-refractivity contribution >= 4 is 0 Å². The van der Waals surface area contributed by atoms with Crippen LogP contribution in [0.1, 0.15) is 28.6 Å². The van der Waals surface area contributed by atoms with Gasteiger partial charge in [0, 0.05) is 12.0 Å². The molecule has 5 heteroatoms. The molecular formula is C15H17FN2O2. The molecule has 20 heavy (non-hydrogen) atoms. The summed E-state index contributed by atoms with van der Waals surface area (Å²) in [4.78, 5) is 0. The number of aliphatic hydroxyl groups is 1. The molecule has 1 N–H and O–H groups in total. The Kier molecular flexibility index (Phi) is 4.29. The summed E-state index contributed by atoms with van der Waals surface area (Å²) in [6, 6.07) is 6.66. The number of ether oxygens (including phenoxy) is 1. The highest BCUT2D eigenvalue weighted by Crippen LogP contribution is 2.26. The molecular weight excluding hydrogens is 259 g/mol. The molecule has 0 aliphatic carbocycles. The van der Waals surface area contributed by atoms with Crippen LogP contribution >= 0.6 is 0 Å². The van der Waals surface area contributed by atoms with Crippen molar-refractivity contribution < 1.29 is 14.2 Å². The van der Waals surface area contributed by atoms with Crippen LogP contribution in [0.5, 0.6) is 5.75 Å². The molecule has 106 valence electrons. The fraction of sp³-hybridized carbons (Fsp3) is 0.333. The van der Waals surface area contributed by atoms with E-state index in [0.717, 1.165) is 5.69 Å². The highest BCUT2D eigenvalue weighted by molar-refractivity contribution is 5.33. The quantitative estimate of drug-likeness (QED) is 0.932. The summed E-state index contributed by atoms with van der Waals surface area (Å²) in [5.74, 6) is -0.263. The molecule has 4 nitrogen and oxygen atoms in total. The van der Waals surface area contributed by atoms with Crippen molar-refractivity contribution in [2.24, 2.45) is 0 Å². The first kappa shape index (κ1) is 14.4. The second kappa shape index (κ2) is 5.96. The average molecular weight is 276 g/mol. The molecule has 1 atom stereocenters. The summed E-state index contributed by atoms with van der Waals surface area (Å²) in [7, 11) is 1.42. The second-order valence-electron chi connectivity index (χ2n) is 4.68. The number of aryl methyl sites for hydroxylation is 2. The Bertz CT molecular complexity index is 617. The van der Waals surface area contributed by atoms with E-state index >= 15 is 0 Å². The maximum absolute atomic E-state index is 14.1. The number of rotatable bonds is 4. The predicted octanol–water partition coefficient (Wildman–Crippen LogP) is 2.52. The van der Waals surface area contributed by atoms with Gasteiger partial charge in [0.1, 0.15) is 0 Å². The largest absolute Gasteiger partial charge is 0.494 e. The van der Waals surface area contributed by atoms with Crippen LogP contribution in [-0.4, -0.2) is 22.4 Å². The minimum Gasteiger partial charge on any atom is -0.494 e. The standard InChI is InChI=1S/C15H17FN2O2/c1-9-7-12(10(2)18-17-9)13(19)8-11-5-4-6-14(20-3)15(11)16/h4-7,13,19H,8H2,1-3H3. The number of nitrogens with zero attached hydrogens (tertiary/aromatic N) is 2. The Morgan fingerprint density at radius 2 is 2.05 bits per heavy atom. The monoisotopic (exact) mass is 276 g/mol. The van der Waals surface area contributed by atoms with Gasteiger partial charge in [0.05, 0.1) is 24.6 Å². The van der Waals surface area contributed by atoms with Crippen molar-refractivity contribution in [3.63, 3.8) is 0 Å². The van der Waals surface area contributed by atoms with Crippen LogP contribution in [0, 0.1) is 19.7 Å². The summed E-state index contributed by atoms with van der Waals surface area (Å²) < 4.78 is 19.0. The average Bonchev–Trinajstić information content (AvgIpc) is 2.43. The van der Waals surface area contributed by atoms with Crippen molar-refractivity contribution in [2.75, 3.05) is 7.11 Å². The van der Waals surface area contributed by atoms with E-state index in [1.54, 1.807) is 38.1 Å². The van der Waals surface area contributed by atoms with Gasteiger partial charge in [0.15, 0.2) is 11.6 Å². The Balaban J connectivity index is 2.28. The molecule has 1 aromatic carbocycles. The third kappa shape index (κ3) is 2.93. The molecule has 0 aliphatic heterocycles. The zero-order valence-corrected chi connectivity index (χ0v) is 11.7. The van der Waals surface area contributed by atoms with Crippen molar-refractivity contribution in [2.45, 2.75) is 26.4 Å². The Morgan fingerprint density at radius 3 is 2.75 bits per heavy atom. The third-order valence-electron chi connectivity index (χ3n) is 3.18. The van der Waals surface area contributed by atoms with E-state index in [-0.39, 0.29) is 12.2 Å². The smallest absolute Gasteiger partial charge is 0.168 e. The van der Waals surface area contributed by atoms with E-state index in [0.29, 0.717) is 16.8 Å². The van der Waals surface area contributed by atoms with E-state index in [1.807, 2.05) is 0 Å². The first-order valence-corrected chi connectivity index (χ1v) is 6.33. The molecule has 0 bridgehead atoms. The van der Waals surface area contributed by atoms with Crippen LogP contribution in [0.15, 0.2) is 24.3 Å². The van der Waals surface area contributed by atoms with Gasteiger partial charge in [0.25, 0.3) is 0 Å². The molecule has 1 aromatic heterocycles. The molecule has 2 rings (SSSR count). The number of hydrogen-bond donors (Lipinski definition) is 1. The van der Waals surface area contributed by atoms with Gasteiger partial charge in [-0.1, -0.05) is 12.1 Å². The van der Waals surface area contributed by atoms with E-state index in [1.165, 1.54) is 7.11 Å². The number of benzene rings is 1. The topological polar surface area (TPSA) is 55.2 Å². The van der Waals surface area contributed by atoms with Crippen molar-refractivity contribution in [1.82, 2.24) is 10.2 Å². The van der Waals surface area contributed by atoms with Gasteiger partial charge in [-0.25, -0.2) is 4.39 Å². The van der Waals surface area contributed by atoms with Crippen LogP contribution in [0.2, 0.25) is 0 Å². The molecule has 0 amide bonds. The fourth-order valence-corrected chi connectivity index (χ4v) is 2.10. The van der Waals surface area contributed by atoms with Crippen LogP contribution in [-0.2, 0) is 6.42 Å². The summed E-state index contributed by atoms with van der Waals surface area (Å²) >= 11 is 0. The lowest BCUT2D eigenvalue weighted by atomic mass is 10.00. The van der Waals surface area contributed by atoms with Gasteiger partial charge in [-0.05, 0) is 31.5 Å². The van der Waals surface area contributed by atoms with Crippen LogP contribution < -0.4 is 4.74 Å². The molecule has 0 saturated heterocycles. The summed E-state index contributed by atoms with van der Waals surface area (Å²) in [6.45, 7) is 3.57. The first-order chi connectivity index (χ1) is 9.52. The summed E-state index contributed by atoms with van der Waals surface area (Å²) in [5.41, 5.74) is 2.44. The van der Waals surface area contributed by atoms with Crippen molar-refractivity contribution in [1.29, 1.82) is 0 Å². The molecule has 2 aromatic rings. The second-order valence-corrected chi connectivity index (χ2v) is 4.68. The van der Waals surface area contributed by atoms with E-state index in [2.05, 4.69) is 10.2 Å². The number of hydrogen-bond acceptors (Lipinski definition) is 4. The van der Waals surface area contributed by atoms with E-state index < -0.39 is 11.9 Å². The van der Waals surface area contributed by atoms with Gasteiger partial charge >= 0.3 is 0 Å². The van der Waals surface area contributed by atoms with Gasteiger partial charge in [-0.2, -0.15) is 10.2 Å². The van der Waals surface area contributed by atoms with Gasteiger partial charge in [-0.15, -0.1) is 0 Å². The van der Waals surface area contributed by atoms with Crippen LogP contribution in [0.4, 0.5) is 4.39 Å². The normalized spacial score (nSPS) is 12.2. The molecule has 0 fully saturated rings. The van der Waals surface area contributed by atoms with Gasteiger partial charge in [0.2, 0.25) is 0 Å². The Hall–Kier alpha value is -2.01. The number of halogens is 1. The lowest BCUT2D eigenvalue weighted by Gasteiger charge is -2.14. The molecule has 0 radical (unpaired) electrons. The highest BCUT2D eigenvalue weighted by Gasteiger charge is 2.17. The summed E-state index contributed by atoms with van der Waals surface area (Å²) in [5, 5.41) is 18.2. The third-order valence-corrected chi connectivity index (χ3v) is 3.18. The Labute approximate surface area is 117 Å².